The van der Waals surface area contributed by atoms with Crippen LogP contribution in [-0.4, -0.2) is 39.4 Å². The maximum atomic E-state index is 12.2. The summed E-state index contributed by atoms with van der Waals surface area (Å²) in [6.07, 6.45) is 1.08. The lowest BCUT2D eigenvalue weighted by Crippen LogP contribution is -2.41. The van der Waals surface area contributed by atoms with Crippen molar-refractivity contribution in [1.82, 2.24) is 5.32 Å². The summed E-state index contributed by atoms with van der Waals surface area (Å²) in [5.41, 5.74) is 1.32. The molecule has 2 aromatic carbocycles. The number of thioether (sulfide) groups is 1. The number of rotatable bonds is 9. The number of amides is 1. The number of anilines is 1. The van der Waals surface area contributed by atoms with Crippen LogP contribution in [-0.2, 0) is 20.6 Å². The zero-order valence-electron chi connectivity index (χ0n) is 15.0. The van der Waals surface area contributed by atoms with Crippen molar-refractivity contribution >= 4 is 79.2 Å². The predicted octanol–water partition coefficient (Wildman–Crippen LogP) is 4.41. The fourth-order valence-corrected chi connectivity index (χ4v) is 5.11. The maximum absolute atomic E-state index is 12.2. The second-order valence-corrected chi connectivity index (χ2v) is 10.9. The summed E-state index contributed by atoms with van der Waals surface area (Å²) in [6.45, 7) is 0.149. The molecule has 0 unspecified atom stereocenters. The van der Waals surface area contributed by atoms with Crippen LogP contribution in [0.3, 0.4) is 0 Å². The summed E-state index contributed by atoms with van der Waals surface area (Å²) in [5, 5.41) is 3.98. The standard InChI is InChI=1S/C18H19Cl2IN2O3S2/c1-28(25,26)23(14-7-5-13(21)6-8-14)11-18(24)22-9-10-27-12-15-16(19)3-2-4-17(15)20/h2-8H,9-12H2,1H3,(H,22,24). The average molecular weight is 573 g/mol. The summed E-state index contributed by atoms with van der Waals surface area (Å²) in [5.74, 6) is 0.919. The van der Waals surface area contributed by atoms with Crippen LogP contribution < -0.4 is 9.62 Å². The van der Waals surface area contributed by atoms with Crippen LogP contribution in [0.4, 0.5) is 5.69 Å². The maximum Gasteiger partial charge on any atom is 0.240 e. The number of carbonyl (C=O) groups is 1. The summed E-state index contributed by atoms with van der Waals surface area (Å²) in [7, 11) is -3.57. The molecule has 152 valence electrons. The molecule has 28 heavy (non-hydrogen) atoms. The Bertz CT molecular complexity index is 905. The third-order valence-electron chi connectivity index (χ3n) is 3.68. The summed E-state index contributed by atoms with van der Waals surface area (Å²) < 4.78 is 26.2. The average Bonchev–Trinajstić information content (AvgIpc) is 2.61. The molecule has 1 N–H and O–H groups in total. The molecule has 0 atom stereocenters. The summed E-state index contributed by atoms with van der Waals surface area (Å²) >= 11 is 16.0. The topological polar surface area (TPSA) is 66.5 Å². The van der Waals surface area contributed by atoms with Gasteiger partial charge in [0, 0.05) is 31.7 Å². The number of nitrogens with one attached hydrogen (secondary N) is 1. The van der Waals surface area contributed by atoms with E-state index in [4.69, 9.17) is 23.2 Å². The van der Waals surface area contributed by atoms with Crippen LogP contribution in [0.5, 0.6) is 0 Å². The molecule has 2 rings (SSSR count). The van der Waals surface area contributed by atoms with Gasteiger partial charge >= 0.3 is 0 Å². The summed E-state index contributed by atoms with van der Waals surface area (Å²) in [4.78, 5) is 12.2. The lowest BCUT2D eigenvalue weighted by atomic mass is 10.2. The molecule has 0 aliphatic rings. The van der Waals surface area contributed by atoms with Crippen molar-refractivity contribution in [2.24, 2.45) is 0 Å². The van der Waals surface area contributed by atoms with Gasteiger partial charge < -0.3 is 5.32 Å². The Kier molecular flexibility index (Phi) is 9.20. The van der Waals surface area contributed by atoms with E-state index in [1.54, 1.807) is 54.2 Å². The minimum Gasteiger partial charge on any atom is -0.354 e. The molecule has 0 aromatic heterocycles. The van der Waals surface area contributed by atoms with Gasteiger partial charge in [-0.2, -0.15) is 11.8 Å². The third-order valence-corrected chi connectivity index (χ3v) is 7.23. The number of benzene rings is 2. The smallest absolute Gasteiger partial charge is 0.240 e. The highest BCUT2D eigenvalue weighted by molar-refractivity contribution is 14.1. The van der Waals surface area contributed by atoms with E-state index in [0.29, 0.717) is 33.8 Å². The van der Waals surface area contributed by atoms with Crippen LogP contribution in [0, 0.1) is 3.57 Å². The lowest BCUT2D eigenvalue weighted by molar-refractivity contribution is -0.119. The van der Waals surface area contributed by atoms with E-state index in [-0.39, 0.29) is 12.5 Å². The minimum absolute atomic E-state index is 0.263. The van der Waals surface area contributed by atoms with Crippen molar-refractivity contribution in [2.75, 3.05) is 29.4 Å². The van der Waals surface area contributed by atoms with Gasteiger partial charge in [0.1, 0.15) is 6.54 Å². The van der Waals surface area contributed by atoms with E-state index in [0.717, 1.165) is 19.7 Å². The van der Waals surface area contributed by atoms with Crippen LogP contribution >= 0.6 is 57.6 Å². The molecular formula is C18H19Cl2IN2O3S2. The van der Waals surface area contributed by atoms with Gasteiger partial charge in [-0.3, -0.25) is 9.10 Å². The van der Waals surface area contributed by atoms with E-state index in [1.165, 1.54) is 0 Å². The predicted molar refractivity (Wildman–Crippen MR) is 127 cm³/mol. The molecule has 0 spiro atoms. The first-order valence-corrected chi connectivity index (χ1v) is 13.0. The van der Waals surface area contributed by atoms with E-state index < -0.39 is 10.0 Å². The Morgan fingerprint density at radius 2 is 1.75 bits per heavy atom. The second kappa shape index (κ2) is 10.9. The monoisotopic (exact) mass is 572 g/mol. The first-order chi connectivity index (χ1) is 13.2. The van der Waals surface area contributed by atoms with E-state index >= 15 is 0 Å². The van der Waals surface area contributed by atoms with Gasteiger partial charge in [-0.05, 0) is 64.6 Å². The number of hydrogen-bond donors (Lipinski definition) is 1. The molecular weight excluding hydrogens is 554 g/mol. The highest BCUT2D eigenvalue weighted by Crippen LogP contribution is 2.28. The molecule has 5 nitrogen and oxygen atoms in total. The molecule has 0 aliphatic carbocycles. The number of halogens is 3. The zero-order chi connectivity index (χ0) is 20.7. The quantitative estimate of drug-likeness (QED) is 0.357. The van der Waals surface area contributed by atoms with Crippen molar-refractivity contribution < 1.29 is 13.2 Å². The molecule has 2 aromatic rings. The molecule has 0 bridgehead atoms. The van der Waals surface area contributed by atoms with Crippen molar-refractivity contribution in [1.29, 1.82) is 0 Å². The zero-order valence-corrected chi connectivity index (χ0v) is 20.3. The van der Waals surface area contributed by atoms with Crippen molar-refractivity contribution in [3.8, 4) is 0 Å². The van der Waals surface area contributed by atoms with Gasteiger partial charge in [0.15, 0.2) is 0 Å². The Balaban J connectivity index is 1.84. The number of sulfonamides is 1. The first kappa shape index (κ1) is 23.6. The molecule has 0 saturated heterocycles. The molecule has 0 aliphatic heterocycles. The van der Waals surface area contributed by atoms with Crippen LogP contribution in [0.2, 0.25) is 10.0 Å². The number of carbonyl (C=O) groups excluding carboxylic acids is 1. The largest absolute Gasteiger partial charge is 0.354 e. The van der Waals surface area contributed by atoms with Crippen molar-refractivity contribution in [3.05, 3.63) is 61.6 Å². The molecule has 1 amide bonds. The van der Waals surface area contributed by atoms with Crippen molar-refractivity contribution in [2.45, 2.75) is 5.75 Å². The van der Waals surface area contributed by atoms with Crippen LogP contribution in [0.25, 0.3) is 0 Å². The van der Waals surface area contributed by atoms with Crippen LogP contribution in [0.1, 0.15) is 5.56 Å². The van der Waals surface area contributed by atoms with E-state index in [9.17, 15) is 13.2 Å². The number of hydrogen-bond acceptors (Lipinski definition) is 4. The first-order valence-electron chi connectivity index (χ1n) is 8.19. The normalized spacial score (nSPS) is 11.3. The van der Waals surface area contributed by atoms with Crippen LogP contribution in [0.15, 0.2) is 42.5 Å². The SMILES string of the molecule is CS(=O)(=O)N(CC(=O)NCCSCc1c(Cl)cccc1Cl)c1ccc(I)cc1. The molecule has 0 heterocycles. The lowest BCUT2D eigenvalue weighted by Gasteiger charge is -2.22. The molecule has 0 fully saturated rings. The van der Waals surface area contributed by atoms with E-state index in [2.05, 4.69) is 27.9 Å². The van der Waals surface area contributed by atoms with Gasteiger partial charge in [-0.1, -0.05) is 29.3 Å². The minimum atomic E-state index is -3.57. The highest BCUT2D eigenvalue weighted by Gasteiger charge is 2.20. The third kappa shape index (κ3) is 7.29. The van der Waals surface area contributed by atoms with Gasteiger partial charge in [-0.15, -0.1) is 0 Å². The Morgan fingerprint density at radius 1 is 1.14 bits per heavy atom. The summed E-state index contributed by atoms with van der Waals surface area (Å²) in [6, 6.07) is 12.3. The van der Waals surface area contributed by atoms with Gasteiger partial charge in [0.25, 0.3) is 0 Å². The Morgan fingerprint density at radius 3 is 2.32 bits per heavy atom. The molecule has 0 radical (unpaired) electrons. The van der Waals surface area contributed by atoms with Crippen molar-refractivity contribution in [3.63, 3.8) is 0 Å². The van der Waals surface area contributed by atoms with E-state index in [1.807, 2.05) is 0 Å². The molecule has 0 saturated carbocycles. The van der Waals surface area contributed by atoms with Gasteiger partial charge in [0.2, 0.25) is 15.9 Å². The fourth-order valence-electron chi connectivity index (χ4n) is 2.30. The fraction of sp³-hybridized carbons (Fsp3) is 0.278. The van der Waals surface area contributed by atoms with Gasteiger partial charge in [-0.25, -0.2) is 8.42 Å². The highest BCUT2D eigenvalue weighted by atomic mass is 127. The Hall–Kier alpha value is -0.680. The molecule has 10 heteroatoms. The second-order valence-electron chi connectivity index (χ2n) is 5.85. The van der Waals surface area contributed by atoms with Gasteiger partial charge in [0.05, 0.1) is 11.9 Å². The Labute approximate surface area is 193 Å². The number of nitrogens with zero attached hydrogens (tertiary/aromatic N) is 1.